The highest BCUT2D eigenvalue weighted by Gasteiger charge is 2.20. The third kappa shape index (κ3) is 4.05. The minimum Gasteiger partial charge on any atom is -0.379 e. The number of primary amides is 1. The third-order valence-corrected chi connectivity index (χ3v) is 4.78. The van der Waals surface area contributed by atoms with Gasteiger partial charge in [-0.1, -0.05) is 6.07 Å². The van der Waals surface area contributed by atoms with Crippen LogP contribution in [0.25, 0.3) is 0 Å². The van der Waals surface area contributed by atoms with E-state index < -0.39 is 36.0 Å². The van der Waals surface area contributed by atoms with Crippen molar-refractivity contribution >= 4 is 26.2 Å². The summed E-state index contributed by atoms with van der Waals surface area (Å²) in [5, 5.41) is 0. The van der Waals surface area contributed by atoms with Crippen LogP contribution in [-0.2, 0) is 20.3 Å². The fraction of sp³-hybridized carbons (Fsp3) is 0. The summed E-state index contributed by atoms with van der Waals surface area (Å²) in [6, 6.07) is 8.60. The smallest absolute Gasteiger partial charge is 0.339 e. The Bertz CT molecular complexity index is 952. The molecule has 0 unspecified atom stereocenters. The molecule has 0 radical (unpaired) electrons. The summed E-state index contributed by atoms with van der Waals surface area (Å²) in [5.41, 5.74) is 5.20. The summed E-state index contributed by atoms with van der Waals surface area (Å²) in [5.74, 6) is -0.816. The predicted octanol–water partition coefficient (Wildman–Crippen LogP) is 1.21. The van der Waals surface area contributed by atoms with E-state index >= 15 is 0 Å². The van der Waals surface area contributed by atoms with Crippen LogP contribution in [0.2, 0.25) is 0 Å². The molecule has 2 aromatic rings. The molecule has 23 heavy (non-hydrogen) atoms. The molecule has 0 aromatic heterocycles. The Morgan fingerprint density at radius 2 is 1.52 bits per heavy atom. The van der Waals surface area contributed by atoms with Crippen LogP contribution in [0.3, 0.4) is 0 Å². The van der Waals surface area contributed by atoms with Crippen molar-refractivity contribution in [2.75, 3.05) is 0 Å². The molecule has 0 aliphatic rings. The van der Waals surface area contributed by atoms with Crippen LogP contribution in [0.4, 0.5) is 3.89 Å². The molecule has 0 saturated carbocycles. The van der Waals surface area contributed by atoms with Crippen molar-refractivity contribution in [3.8, 4) is 5.75 Å². The highest BCUT2D eigenvalue weighted by atomic mass is 32.3. The van der Waals surface area contributed by atoms with Gasteiger partial charge in [-0.3, -0.25) is 4.79 Å². The van der Waals surface area contributed by atoms with Crippen LogP contribution >= 0.6 is 0 Å². The summed E-state index contributed by atoms with van der Waals surface area (Å²) in [6.07, 6.45) is 0. The maximum atomic E-state index is 12.9. The molecule has 2 aromatic carbocycles. The minimum absolute atomic E-state index is 0.122. The van der Waals surface area contributed by atoms with Gasteiger partial charge in [-0.15, -0.1) is 3.89 Å². The van der Waals surface area contributed by atoms with Crippen molar-refractivity contribution in [1.29, 1.82) is 0 Å². The molecule has 7 nitrogen and oxygen atoms in total. The number of halogens is 1. The second-order valence-corrected chi connectivity index (χ2v) is 7.23. The van der Waals surface area contributed by atoms with Gasteiger partial charge in [-0.05, 0) is 42.5 Å². The van der Waals surface area contributed by atoms with Gasteiger partial charge in [0.15, 0.2) is 0 Å². The molecule has 0 aliphatic carbocycles. The molecule has 0 fully saturated rings. The minimum atomic E-state index is -5.04. The molecular formula is C13H10FNO6S2. The van der Waals surface area contributed by atoms with Crippen LogP contribution in [-0.4, -0.2) is 22.7 Å². The SMILES string of the molecule is NC(=O)c1ccc(OS(=O)(=O)c2cccc(S(=O)(=O)F)c2)cc1. The van der Waals surface area contributed by atoms with Crippen molar-refractivity contribution < 1.29 is 29.7 Å². The van der Waals surface area contributed by atoms with E-state index in [1.807, 2.05) is 0 Å². The second-order valence-electron chi connectivity index (χ2n) is 4.34. The average molecular weight is 359 g/mol. The Kier molecular flexibility index (Phi) is 4.39. The molecule has 0 atom stereocenters. The maximum absolute atomic E-state index is 12.9. The van der Waals surface area contributed by atoms with Gasteiger partial charge in [0, 0.05) is 5.56 Å². The van der Waals surface area contributed by atoms with Crippen molar-refractivity contribution in [3.05, 3.63) is 54.1 Å². The fourth-order valence-corrected chi connectivity index (χ4v) is 3.19. The van der Waals surface area contributed by atoms with Crippen LogP contribution in [0.15, 0.2) is 58.3 Å². The van der Waals surface area contributed by atoms with E-state index in [-0.39, 0.29) is 11.3 Å². The summed E-state index contributed by atoms with van der Waals surface area (Å²) in [6.45, 7) is 0. The topological polar surface area (TPSA) is 121 Å². The van der Waals surface area contributed by atoms with E-state index in [1.165, 1.54) is 24.3 Å². The Labute approximate surface area is 131 Å². The van der Waals surface area contributed by atoms with Crippen LogP contribution in [0.5, 0.6) is 5.75 Å². The molecule has 2 rings (SSSR count). The standard InChI is InChI=1S/C13H10FNO6S2/c14-22(17,18)11-2-1-3-12(8-11)23(19,20)21-10-6-4-9(5-7-10)13(15)16/h1-8H,(H2,15,16). The first-order valence-corrected chi connectivity index (χ1v) is 8.78. The molecule has 122 valence electrons. The highest BCUT2D eigenvalue weighted by Crippen LogP contribution is 2.22. The molecule has 0 heterocycles. The molecule has 0 spiro atoms. The first-order chi connectivity index (χ1) is 10.6. The molecule has 0 aliphatic heterocycles. The van der Waals surface area contributed by atoms with E-state index in [1.54, 1.807) is 0 Å². The van der Waals surface area contributed by atoms with Gasteiger partial charge in [0.05, 0.1) is 4.90 Å². The lowest BCUT2D eigenvalue weighted by molar-refractivity contribution is 0.100. The normalized spacial score (nSPS) is 11.9. The van der Waals surface area contributed by atoms with E-state index in [0.29, 0.717) is 6.07 Å². The Morgan fingerprint density at radius 3 is 2.04 bits per heavy atom. The molecule has 0 bridgehead atoms. The number of benzene rings is 2. The zero-order valence-electron chi connectivity index (χ0n) is 11.3. The molecule has 10 heteroatoms. The summed E-state index contributed by atoms with van der Waals surface area (Å²) >= 11 is 0. The maximum Gasteiger partial charge on any atom is 0.339 e. The van der Waals surface area contributed by atoms with E-state index in [4.69, 9.17) is 9.92 Å². The molecule has 0 saturated heterocycles. The van der Waals surface area contributed by atoms with Gasteiger partial charge in [0.2, 0.25) is 5.91 Å². The lowest BCUT2D eigenvalue weighted by Crippen LogP contribution is -2.12. The lowest BCUT2D eigenvalue weighted by atomic mass is 10.2. The third-order valence-electron chi connectivity index (χ3n) is 2.72. The molecular weight excluding hydrogens is 349 g/mol. The first-order valence-electron chi connectivity index (χ1n) is 5.99. The monoisotopic (exact) mass is 359 g/mol. The Morgan fingerprint density at radius 1 is 0.957 bits per heavy atom. The summed E-state index contributed by atoms with van der Waals surface area (Å²) < 4.78 is 63.5. The summed E-state index contributed by atoms with van der Waals surface area (Å²) in [7, 11) is -9.42. The lowest BCUT2D eigenvalue weighted by Gasteiger charge is -2.08. The first kappa shape index (κ1) is 16.9. The van der Waals surface area contributed by atoms with Crippen molar-refractivity contribution in [1.82, 2.24) is 0 Å². The fourth-order valence-electron chi connectivity index (χ4n) is 1.63. The van der Waals surface area contributed by atoms with Crippen molar-refractivity contribution in [2.24, 2.45) is 5.73 Å². The number of carbonyl (C=O) groups is 1. The average Bonchev–Trinajstić information content (AvgIpc) is 2.46. The highest BCUT2D eigenvalue weighted by molar-refractivity contribution is 7.87. The van der Waals surface area contributed by atoms with E-state index in [0.717, 1.165) is 18.2 Å². The molecule has 1 amide bonds. The summed E-state index contributed by atoms with van der Waals surface area (Å²) in [4.78, 5) is 9.59. The van der Waals surface area contributed by atoms with Crippen molar-refractivity contribution in [3.63, 3.8) is 0 Å². The second kappa shape index (κ2) is 5.97. The number of amides is 1. The number of nitrogens with two attached hydrogens (primary N) is 1. The number of rotatable bonds is 5. The van der Waals surface area contributed by atoms with Crippen LogP contribution in [0.1, 0.15) is 10.4 Å². The van der Waals surface area contributed by atoms with Gasteiger partial charge in [-0.25, -0.2) is 0 Å². The van der Waals surface area contributed by atoms with Gasteiger partial charge in [-0.2, -0.15) is 16.8 Å². The van der Waals surface area contributed by atoms with E-state index in [2.05, 4.69) is 0 Å². The van der Waals surface area contributed by atoms with Gasteiger partial charge < -0.3 is 9.92 Å². The van der Waals surface area contributed by atoms with Crippen LogP contribution < -0.4 is 9.92 Å². The van der Waals surface area contributed by atoms with E-state index in [9.17, 15) is 25.5 Å². The van der Waals surface area contributed by atoms with Gasteiger partial charge >= 0.3 is 20.3 Å². The van der Waals surface area contributed by atoms with Crippen LogP contribution in [0, 0.1) is 0 Å². The Hall–Kier alpha value is -2.46. The number of hydrogen-bond acceptors (Lipinski definition) is 6. The Balaban J connectivity index is 2.34. The van der Waals surface area contributed by atoms with Gasteiger partial charge in [0.1, 0.15) is 10.6 Å². The number of carbonyl (C=O) groups excluding carboxylic acids is 1. The predicted molar refractivity (Wildman–Crippen MR) is 77.5 cm³/mol. The molecule has 2 N–H and O–H groups in total. The quantitative estimate of drug-likeness (QED) is 0.633. The van der Waals surface area contributed by atoms with Gasteiger partial charge in [0.25, 0.3) is 0 Å². The largest absolute Gasteiger partial charge is 0.379 e. The van der Waals surface area contributed by atoms with Crippen molar-refractivity contribution in [2.45, 2.75) is 9.79 Å². The zero-order chi connectivity index (χ0) is 17.3. The zero-order valence-corrected chi connectivity index (χ0v) is 13.0. The number of hydrogen-bond donors (Lipinski definition) is 1.